The fourth-order valence-electron chi connectivity index (χ4n) is 0.885. The predicted octanol–water partition coefficient (Wildman–Crippen LogP) is 3.06. The Balaban J connectivity index is 2.55. The number of hydrogen-bond acceptors (Lipinski definition) is 2. The molecule has 82 valence electrons. The van der Waals surface area contributed by atoms with Gasteiger partial charge in [0.25, 0.3) is 0 Å². The molecule has 0 aromatic heterocycles. The standard InChI is InChI=1S/C9H8F3NO2/c1-6-2-4-7(5-3-6)13-8(14)15-9(10,11)12/h2-5H,1H3,(H,13,14). The lowest BCUT2D eigenvalue weighted by atomic mass is 10.2. The van der Waals surface area contributed by atoms with Crippen LogP contribution in [0.1, 0.15) is 5.56 Å². The first-order chi connectivity index (χ1) is 6.87. The van der Waals surface area contributed by atoms with Crippen molar-refractivity contribution in [2.75, 3.05) is 5.32 Å². The van der Waals surface area contributed by atoms with Gasteiger partial charge in [0.15, 0.2) is 0 Å². The largest absolute Gasteiger partial charge is 0.576 e. The van der Waals surface area contributed by atoms with Crippen LogP contribution >= 0.6 is 0 Å². The molecule has 0 heterocycles. The van der Waals surface area contributed by atoms with E-state index in [1.54, 1.807) is 12.1 Å². The molecule has 0 spiro atoms. The van der Waals surface area contributed by atoms with E-state index >= 15 is 0 Å². The highest BCUT2D eigenvalue weighted by molar-refractivity contribution is 5.84. The second-order valence-corrected chi connectivity index (χ2v) is 2.83. The maximum Gasteiger partial charge on any atom is 0.576 e. The molecule has 1 aromatic carbocycles. The van der Waals surface area contributed by atoms with Gasteiger partial charge in [-0.05, 0) is 19.1 Å². The van der Waals surface area contributed by atoms with Gasteiger partial charge in [-0.3, -0.25) is 5.32 Å². The number of ether oxygens (including phenoxy) is 1. The number of alkyl halides is 3. The highest BCUT2D eigenvalue weighted by Crippen LogP contribution is 2.17. The van der Waals surface area contributed by atoms with E-state index in [1.165, 1.54) is 12.1 Å². The molecule has 1 amide bonds. The maximum absolute atomic E-state index is 11.6. The molecule has 0 unspecified atom stereocenters. The highest BCUT2D eigenvalue weighted by Gasteiger charge is 2.33. The second-order valence-electron chi connectivity index (χ2n) is 2.83. The topological polar surface area (TPSA) is 38.3 Å². The van der Waals surface area contributed by atoms with Gasteiger partial charge in [-0.1, -0.05) is 17.7 Å². The van der Waals surface area contributed by atoms with Gasteiger partial charge in [0.2, 0.25) is 0 Å². The highest BCUT2D eigenvalue weighted by atomic mass is 19.4. The third kappa shape index (κ3) is 4.35. The minimum Gasteiger partial charge on any atom is -0.356 e. The number of halogens is 3. The number of hydrogen-bond donors (Lipinski definition) is 1. The van der Waals surface area contributed by atoms with Crippen LogP contribution < -0.4 is 5.32 Å². The Hall–Kier alpha value is -1.72. The van der Waals surface area contributed by atoms with E-state index in [0.29, 0.717) is 0 Å². The summed E-state index contributed by atoms with van der Waals surface area (Å²) in [6, 6.07) is 6.27. The fourth-order valence-corrected chi connectivity index (χ4v) is 0.885. The summed E-state index contributed by atoms with van der Waals surface area (Å²) in [4.78, 5) is 10.7. The lowest BCUT2D eigenvalue weighted by molar-refractivity contribution is -0.289. The van der Waals surface area contributed by atoms with Crippen molar-refractivity contribution in [3.63, 3.8) is 0 Å². The predicted molar refractivity (Wildman–Crippen MR) is 47.3 cm³/mol. The quantitative estimate of drug-likeness (QED) is 0.788. The lowest BCUT2D eigenvalue weighted by Crippen LogP contribution is -2.23. The summed E-state index contributed by atoms with van der Waals surface area (Å²) in [7, 11) is 0. The van der Waals surface area contributed by atoms with Crippen molar-refractivity contribution in [2.45, 2.75) is 13.3 Å². The van der Waals surface area contributed by atoms with Gasteiger partial charge in [-0.25, -0.2) is 4.79 Å². The molecule has 0 saturated heterocycles. The molecule has 15 heavy (non-hydrogen) atoms. The summed E-state index contributed by atoms with van der Waals surface area (Å²) >= 11 is 0. The third-order valence-corrected chi connectivity index (χ3v) is 1.51. The number of carbonyl (C=O) groups is 1. The van der Waals surface area contributed by atoms with Crippen LogP contribution in [0.25, 0.3) is 0 Å². The first kappa shape index (κ1) is 11.4. The van der Waals surface area contributed by atoms with Crippen LogP contribution in [-0.2, 0) is 4.74 Å². The van der Waals surface area contributed by atoms with Crippen molar-refractivity contribution in [1.29, 1.82) is 0 Å². The van der Waals surface area contributed by atoms with Gasteiger partial charge < -0.3 is 4.74 Å². The first-order valence-electron chi connectivity index (χ1n) is 4.00. The van der Waals surface area contributed by atoms with Crippen molar-refractivity contribution in [2.24, 2.45) is 0 Å². The molecular formula is C9H8F3NO2. The Labute approximate surface area is 83.8 Å². The van der Waals surface area contributed by atoms with Crippen LogP contribution in [-0.4, -0.2) is 12.5 Å². The number of rotatable bonds is 1. The molecule has 0 bridgehead atoms. The van der Waals surface area contributed by atoms with Gasteiger partial charge in [-0.15, -0.1) is 13.2 Å². The van der Waals surface area contributed by atoms with E-state index in [4.69, 9.17) is 0 Å². The number of amides is 1. The van der Waals surface area contributed by atoms with E-state index in [1.807, 2.05) is 12.2 Å². The minimum absolute atomic E-state index is 0.245. The Morgan fingerprint density at radius 2 is 1.80 bits per heavy atom. The molecule has 3 nitrogen and oxygen atoms in total. The fraction of sp³-hybridized carbons (Fsp3) is 0.222. The molecule has 0 atom stereocenters. The lowest BCUT2D eigenvalue weighted by Gasteiger charge is -2.08. The number of benzene rings is 1. The summed E-state index contributed by atoms with van der Waals surface area (Å²) < 4.78 is 37.9. The number of nitrogens with one attached hydrogen (secondary N) is 1. The minimum atomic E-state index is -4.96. The normalized spacial score (nSPS) is 10.9. The van der Waals surface area contributed by atoms with Crippen LogP contribution in [0.2, 0.25) is 0 Å². The van der Waals surface area contributed by atoms with Gasteiger partial charge in [0, 0.05) is 5.69 Å². The van der Waals surface area contributed by atoms with E-state index in [9.17, 15) is 18.0 Å². The summed E-state index contributed by atoms with van der Waals surface area (Å²) in [5, 5.41) is 1.94. The van der Waals surface area contributed by atoms with Crippen molar-refractivity contribution < 1.29 is 22.7 Å². The molecule has 0 fully saturated rings. The monoisotopic (exact) mass is 219 g/mol. The molecule has 0 aliphatic carbocycles. The molecule has 1 aromatic rings. The zero-order valence-electron chi connectivity index (χ0n) is 7.76. The van der Waals surface area contributed by atoms with Gasteiger partial charge in [0.1, 0.15) is 0 Å². The summed E-state index contributed by atoms with van der Waals surface area (Å²) in [6.45, 7) is 1.82. The van der Waals surface area contributed by atoms with Crippen molar-refractivity contribution in [1.82, 2.24) is 0 Å². The van der Waals surface area contributed by atoms with Crippen LogP contribution in [0.4, 0.5) is 23.7 Å². The summed E-state index contributed by atoms with van der Waals surface area (Å²) in [5.41, 5.74) is 1.18. The first-order valence-corrected chi connectivity index (χ1v) is 4.00. The molecular weight excluding hydrogens is 211 g/mol. The molecule has 1 rings (SSSR count). The Morgan fingerprint density at radius 1 is 1.27 bits per heavy atom. The molecule has 6 heteroatoms. The van der Waals surface area contributed by atoms with Gasteiger partial charge in [0.05, 0.1) is 0 Å². The average molecular weight is 219 g/mol. The Bertz CT molecular complexity index is 345. The average Bonchev–Trinajstić information content (AvgIpc) is 2.05. The van der Waals surface area contributed by atoms with E-state index in [0.717, 1.165) is 5.56 Å². The Kier molecular flexibility index (Phi) is 3.18. The van der Waals surface area contributed by atoms with E-state index < -0.39 is 12.5 Å². The van der Waals surface area contributed by atoms with Crippen LogP contribution in [0, 0.1) is 6.92 Å². The molecule has 0 radical (unpaired) electrons. The number of aryl methyl sites for hydroxylation is 1. The van der Waals surface area contributed by atoms with Gasteiger partial charge >= 0.3 is 12.5 Å². The number of anilines is 1. The van der Waals surface area contributed by atoms with Crippen LogP contribution in [0.3, 0.4) is 0 Å². The zero-order valence-corrected chi connectivity index (χ0v) is 7.76. The molecule has 0 aliphatic rings. The second kappa shape index (κ2) is 4.20. The Morgan fingerprint density at radius 3 is 2.27 bits per heavy atom. The number of carbonyl (C=O) groups excluding carboxylic acids is 1. The van der Waals surface area contributed by atoms with E-state index in [-0.39, 0.29) is 5.69 Å². The SMILES string of the molecule is Cc1ccc(NC(=O)OC(F)(F)F)cc1. The van der Waals surface area contributed by atoms with E-state index in [2.05, 4.69) is 4.74 Å². The van der Waals surface area contributed by atoms with Crippen molar-refractivity contribution in [3.05, 3.63) is 29.8 Å². The molecule has 1 N–H and O–H groups in total. The van der Waals surface area contributed by atoms with Crippen molar-refractivity contribution in [3.8, 4) is 0 Å². The van der Waals surface area contributed by atoms with Gasteiger partial charge in [-0.2, -0.15) is 0 Å². The zero-order chi connectivity index (χ0) is 11.5. The molecule has 0 aliphatic heterocycles. The summed E-state index contributed by atoms with van der Waals surface area (Å²) in [6.07, 6.45) is -6.51. The van der Waals surface area contributed by atoms with Crippen LogP contribution in [0.5, 0.6) is 0 Å². The smallest absolute Gasteiger partial charge is 0.356 e. The third-order valence-electron chi connectivity index (χ3n) is 1.51. The molecule has 0 saturated carbocycles. The summed E-state index contributed by atoms with van der Waals surface area (Å²) in [5.74, 6) is 0. The van der Waals surface area contributed by atoms with Crippen LogP contribution in [0.15, 0.2) is 24.3 Å². The maximum atomic E-state index is 11.6. The van der Waals surface area contributed by atoms with Crippen molar-refractivity contribution >= 4 is 11.8 Å².